The van der Waals surface area contributed by atoms with E-state index in [1.54, 1.807) is 9.58 Å². The topological polar surface area (TPSA) is 70.4 Å². The molecule has 2 unspecified atom stereocenters. The Balaban J connectivity index is 1.70. The Morgan fingerprint density at radius 3 is 2.83 bits per heavy atom. The summed E-state index contributed by atoms with van der Waals surface area (Å²) < 4.78 is 1.80. The summed E-state index contributed by atoms with van der Waals surface area (Å²) >= 11 is 0. The fraction of sp³-hybridized carbons (Fsp3) is 0.444. The van der Waals surface area contributed by atoms with Gasteiger partial charge in [0.25, 0.3) is 0 Å². The summed E-state index contributed by atoms with van der Waals surface area (Å²) in [7, 11) is 0. The lowest BCUT2D eigenvalue weighted by Gasteiger charge is -2.34. The molecule has 0 radical (unpaired) electrons. The number of nitrogens with zero attached hydrogens (tertiary/aromatic N) is 3. The average molecular weight is 328 g/mol. The van der Waals surface area contributed by atoms with Crippen molar-refractivity contribution in [3.63, 3.8) is 0 Å². The zero-order chi connectivity index (χ0) is 17.1. The normalized spacial score (nSPS) is 20.9. The number of carbonyl (C=O) groups excluding carboxylic acids is 1. The van der Waals surface area contributed by atoms with Crippen molar-refractivity contribution in [3.8, 4) is 0 Å². The molecular weight excluding hydrogens is 304 g/mol. The Labute approximate surface area is 142 Å². The predicted molar refractivity (Wildman–Crippen MR) is 92.9 cm³/mol. The van der Waals surface area contributed by atoms with E-state index in [2.05, 4.69) is 10.4 Å². The number of nitrogens with one attached hydrogen (secondary N) is 1. The van der Waals surface area contributed by atoms with Gasteiger partial charge in [0.15, 0.2) is 0 Å². The van der Waals surface area contributed by atoms with E-state index in [1.807, 2.05) is 50.2 Å². The highest BCUT2D eigenvalue weighted by Crippen LogP contribution is 2.19. The van der Waals surface area contributed by atoms with Gasteiger partial charge in [0, 0.05) is 19.2 Å². The zero-order valence-electron chi connectivity index (χ0n) is 14.1. The lowest BCUT2D eigenvalue weighted by atomic mass is 9.96. The molecule has 24 heavy (non-hydrogen) atoms. The summed E-state index contributed by atoms with van der Waals surface area (Å²) in [6.45, 7) is 5.56. The zero-order valence-corrected chi connectivity index (χ0v) is 14.1. The van der Waals surface area contributed by atoms with Crippen molar-refractivity contribution in [2.45, 2.75) is 32.9 Å². The maximum atomic E-state index is 12.5. The second-order valence-electron chi connectivity index (χ2n) is 6.52. The number of anilines is 1. The molecule has 2 heterocycles. The Bertz CT molecular complexity index is 698. The smallest absolute Gasteiger partial charge is 0.323 e. The van der Waals surface area contributed by atoms with Gasteiger partial charge in [0.05, 0.1) is 18.3 Å². The van der Waals surface area contributed by atoms with Gasteiger partial charge >= 0.3 is 6.03 Å². The van der Waals surface area contributed by atoms with Gasteiger partial charge in [-0.2, -0.15) is 5.10 Å². The summed E-state index contributed by atoms with van der Waals surface area (Å²) in [5.41, 5.74) is 1.98. The third kappa shape index (κ3) is 3.76. The maximum Gasteiger partial charge on any atom is 0.323 e. The van der Waals surface area contributed by atoms with Crippen LogP contribution in [0.25, 0.3) is 0 Å². The highest BCUT2D eigenvalue weighted by Gasteiger charge is 2.27. The molecule has 1 saturated heterocycles. The van der Waals surface area contributed by atoms with Crippen LogP contribution in [0.15, 0.2) is 36.4 Å². The molecule has 1 aromatic heterocycles. The second-order valence-corrected chi connectivity index (χ2v) is 6.52. The van der Waals surface area contributed by atoms with E-state index in [0.717, 1.165) is 17.7 Å². The number of rotatable bonds is 3. The lowest BCUT2D eigenvalue weighted by Crippen LogP contribution is -2.47. The Hall–Kier alpha value is -2.34. The second kappa shape index (κ2) is 7.05. The SMILES string of the molecule is Cc1cc(NC(=O)N2CCC(C)C(O)C2)n(Cc2ccccc2)n1. The van der Waals surface area contributed by atoms with Crippen molar-refractivity contribution in [1.82, 2.24) is 14.7 Å². The summed E-state index contributed by atoms with van der Waals surface area (Å²) in [5, 5.41) is 17.4. The summed E-state index contributed by atoms with van der Waals surface area (Å²) in [6, 6.07) is 11.7. The maximum absolute atomic E-state index is 12.5. The molecular formula is C18H24N4O2. The van der Waals surface area contributed by atoms with E-state index in [-0.39, 0.29) is 11.9 Å². The average Bonchev–Trinajstić information content (AvgIpc) is 2.90. The number of aliphatic hydroxyl groups excluding tert-OH is 1. The molecule has 0 aliphatic carbocycles. The van der Waals surface area contributed by atoms with Gasteiger partial charge in [-0.1, -0.05) is 37.3 Å². The number of β-amino-alcohol motifs (C(OH)–C–C–N with tert-alkyl or cyclic N) is 1. The van der Waals surface area contributed by atoms with E-state index in [1.165, 1.54) is 0 Å². The van der Waals surface area contributed by atoms with E-state index < -0.39 is 6.10 Å². The molecule has 2 atom stereocenters. The number of aliphatic hydroxyl groups is 1. The molecule has 0 saturated carbocycles. The largest absolute Gasteiger partial charge is 0.391 e. The minimum absolute atomic E-state index is 0.185. The van der Waals surface area contributed by atoms with Crippen molar-refractivity contribution in [3.05, 3.63) is 47.7 Å². The molecule has 6 heteroatoms. The fourth-order valence-corrected chi connectivity index (χ4v) is 2.94. The molecule has 0 spiro atoms. The number of benzene rings is 1. The summed E-state index contributed by atoms with van der Waals surface area (Å²) in [4.78, 5) is 14.2. The Morgan fingerprint density at radius 2 is 2.12 bits per heavy atom. The van der Waals surface area contributed by atoms with Crippen LogP contribution >= 0.6 is 0 Å². The van der Waals surface area contributed by atoms with Crippen LogP contribution in [-0.2, 0) is 6.54 Å². The van der Waals surface area contributed by atoms with Crippen LogP contribution in [0, 0.1) is 12.8 Å². The van der Waals surface area contributed by atoms with Gasteiger partial charge in [-0.3, -0.25) is 5.32 Å². The van der Waals surface area contributed by atoms with Crippen molar-refractivity contribution in [1.29, 1.82) is 0 Å². The van der Waals surface area contributed by atoms with Gasteiger partial charge in [-0.25, -0.2) is 9.48 Å². The van der Waals surface area contributed by atoms with Crippen molar-refractivity contribution < 1.29 is 9.90 Å². The number of aryl methyl sites for hydroxylation is 1. The fourth-order valence-electron chi connectivity index (χ4n) is 2.94. The quantitative estimate of drug-likeness (QED) is 0.909. The van der Waals surface area contributed by atoms with E-state index >= 15 is 0 Å². The molecule has 1 aliphatic heterocycles. The molecule has 0 bridgehead atoms. The van der Waals surface area contributed by atoms with Crippen molar-refractivity contribution in [2.24, 2.45) is 5.92 Å². The lowest BCUT2D eigenvalue weighted by molar-refractivity contribution is 0.0463. The van der Waals surface area contributed by atoms with E-state index in [0.29, 0.717) is 25.5 Å². The number of piperidine rings is 1. The first-order valence-electron chi connectivity index (χ1n) is 8.35. The standard InChI is InChI=1S/C18H24N4O2/c1-13-8-9-21(12-16(13)23)18(24)19-17-10-14(2)20-22(17)11-15-6-4-3-5-7-15/h3-7,10,13,16,23H,8-9,11-12H2,1-2H3,(H,19,24). The van der Waals surface area contributed by atoms with Gasteiger partial charge in [-0.05, 0) is 24.8 Å². The monoisotopic (exact) mass is 328 g/mol. The van der Waals surface area contributed by atoms with Crippen LogP contribution in [0.3, 0.4) is 0 Å². The van der Waals surface area contributed by atoms with Crippen LogP contribution in [0.2, 0.25) is 0 Å². The first kappa shape index (κ1) is 16.5. The third-order valence-electron chi connectivity index (χ3n) is 4.52. The number of aromatic nitrogens is 2. The van der Waals surface area contributed by atoms with E-state index in [9.17, 15) is 9.90 Å². The minimum atomic E-state index is -0.458. The van der Waals surface area contributed by atoms with Crippen LogP contribution in [0.4, 0.5) is 10.6 Å². The first-order valence-corrected chi connectivity index (χ1v) is 8.35. The van der Waals surface area contributed by atoms with Crippen molar-refractivity contribution >= 4 is 11.8 Å². The molecule has 1 aliphatic rings. The molecule has 2 N–H and O–H groups in total. The molecule has 128 valence electrons. The third-order valence-corrected chi connectivity index (χ3v) is 4.52. The highest BCUT2D eigenvalue weighted by molar-refractivity contribution is 5.88. The van der Waals surface area contributed by atoms with Gasteiger partial charge in [-0.15, -0.1) is 0 Å². The molecule has 2 amide bonds. The number of hydrogen-bond donors (Lipinski definition) is 2. The van der Waals surface area contributed by atoms with Crippen LogP contribution in [-0.4, -0.2) is 45.0 Å². The van der Waals surface area contributed by atoms with Crippen LogP contribution in [0.5, 0.6) is 0 Å². The Morgan fingerprint density at radius 1 is 1.38 bits per heavy atom. The highest BCUT2D eigenvalue weighted by atomic mass is 16.3. The van der Waals surface area contributed by atoms with Gasteiger partial charge in [0.2, 0.25) is 0 Å². The molecule has 1 aromatic carbocycles. The number of urea groups is 1. The van der Waals surface area contributed by atoms with Crippen LogP contribution < -0.4 is 5.32 Å². The van der Waals surface area contributed by atoms with Crippen LogP contribution in [0.1, 0.15) is 24.6 Å². The number of likely N-dealkylation sites (tertiary alicyclic amines) is 1. The number of carbonyl (C=O) groups is 1. The number of amides is 2. The summed E-state index contributed by atoms with van der Waals surface area (Å²) in [6.07, 6.45) is 0.358. The van der Waals surface area contributed by atoms with Crippen molar-refractivity contribution in [2.75, 3.05) is 18.4 Å². The summed E-state index contributed by atoms with van der Waals surface area (Å²) in [5.74, 6) is 0.911. The first-order chi connectivity index (χ1) is 11.5. The predicted octanol–water partition coefficient (Wildman–Crippen LogP) is 2.47. The molecule has 6 nitrogen and oxygen atoms in total. The number of hydrogen-bond acceptors (Lipinski definition) is 3. The minimum Gasteiger partial charge on any atom is -0.391 e. The van der Waals surface area contributed by atoms with E-state index in [4.69, 9.17) is 0 Å². The molecule has 1 fully saturated rings. The Kier molecular flexibility index (Phi) is 4.85. The van der Waals surface area contributed by atoms with Gasteiger partial charge in [0.1, 0.15) is 5.82 Å². The molecule has 2 aromatic rings. The van der Waals surface area contributed by atoms with Gasteiger partial charge < -0.3 is 10.0 Å². The molecule has 3 rings (SSSR count).